The third kappa shape index (κ3) is 2.25. The van der Waals surface area contributed by atoms with Crippen molar-refractivity contribution in [1.82, 2.24) is 0 Å². The van der Waals surface area contributed by atoms with Gasteiger partial charge in [0.15, 0.2) is 0 Å². The molecule has 0 saturated carbocycles. The van der Waals surface area contributed by atoms with Gasteiger partial charge in [-0.1, -0.05) is 84.9 Å². The van der Waals surface area contributed by atoms with E-state index in [9.17, 15) is 5.11 Å². The molecule has 0 aromatic heterocycles. The Labute approximate surface area is 136 Å². The fraction of sp³-hybridized carbons (Fsp3) is 0.0909. The number of rotatable bonds is 2. The van der Waals surface area contributed by atoms with Crippen LogP contribution in [-0.4, -0.2) is 5.11 Å². The van der Waals surface area contributed by atoms with Crippen molar-refractivity contribution in [2.24, 2.45) is 0 Å². The van der Waals surface area contributed by atoms with Gasteiger partial charge in [-0.3, -0.25) is 0 Å². The molecule has 0 saturated heterocycles. The standard InChI is InChI=1S/C22H18O/c23-21-16-22(18-10-3-1-4-11-18,19-12-5-2-6-13-19)15-17-9-7-8-14-20(17)21/h1-14,16,23H,15H2. The molecule has 23 heavy (non-hydrogen) atoms. The maximum atomic E-state index is 10.7. The van der Waals surface area contributed by atoms with Crippen molar-refractivity contribution >= 4 is 5.76 Å². The van der Waals surface area contributed by atoms with Crippen LogP contribution >= 0.6 is 0 Å². The van der Waals surface area contributed by atoms with Crippen LogP contribution in [-0.2, 0) is 11.8 Å². The van der Waals surface area contributed by atoms with E-state index in [1.807, 2.05) is 36.4 Å². The highest BCUT2D eigenvalue weighted by Crippen LogP contribution is 2.43. The highest BCUT2D eigenvalue weighted by Gasteiger charge is 2.36. The molecule has 3 aromatic rings. The summed E-state index contributed by atoms with van der Waals surface area (Å²) >= 11 is 0. The summed E-state index contributed by atoms with van der Waals surface area (Å²) in [6, 6.07) is 29.0. The van der Waals surface area contributed by atoms with Crippen molar-refractivity contribution in [1.29, 1.82) is 0 Å². The largest absolute Gasteiger partial charge is 0.508 e. The van der Waals surface area contributed by atoms with E-state index in [0.29, 0.717) is 5.76 Å². The van der Waals surface area contributed by atoms with Crippen molar-refractivity contribution in [3.05, 3.63) is 113 Å². The van der Waals surface area contributed by atoms with E-state index in [-0.39, 0.29) is 5.41 Å². The monoisotopic (exact) mass is 298 g/mol. The third-order valence-corrected chi connectivity index (χ3v) is 4.72. The molecule has 1 N–H and O–H groups in total. The Kier molecular flexibility index (Phi) is 3.27. The van der Waals surface area contributed by atoms with Crippen LogP contribution < -0.4 is 0 Å². The fourth-order valence-electron chi connectivity index (χ4n) is 3.60. The molecule has 4 rings (SSSR count). The SMILES string of the molecule is OC1=CC(c2ccccc2)(c2ccccc2)Cc2ccccc21. The minimum absolute atomic E-state index is 0.332. The van der Waals surface area contributed by atoms with Crippen LogP contribution in [0.3, 0.4) is 0 Å². The zero-order valence-corrected chi connectivity index (χ0v) is 12.8. The maximum Gasteiger partial charge on any atom is 0.120 e. The summed E-state index contributed by atoms with van der Waals surface area (Å²) in [5, 5.41) is 10.7. The molecule has 1 nitrogen and oxygen atoms in total. The zero-order valence-electron chi connectivity index (χ0n) is 12.8. The summed E-state index contributed by atoms with van der Waals surface area (Å²) in [5.41, 5.74) is 4.19. The quantitative estimate of drug-likeness (QED) is 0.695. The Bertz CT molecular complexity index is 808. The smallest absolute Gasteiger partial charge is 0.120 e. The zero-order chi connectivity index (χ0) is 15.7. The van der Waals surface area contributed by atoms with Crippen molar-refractivity contribution in [2.45, 2.75) is 11.8 Å². The molecule has 112 valence electrons. The van der Waals surface area contributed by atoms with E-state index in [1.54, 1.807) is 0 Å². The average Bonchev–Trinajstić information content (AvgIpc) is 2.63. The lowest BCUT2D eigenvalue weighted by atomic mass is 9.67. The minimum Gasteiger partial charge on any atom is -0.508 e. The van der Waals surface area contributed by atoms with Crippen LogP contribution in [0, 0.1) is 0 Å². The summed E-state index contributed by atoms with van der Waals surface area (Å²) in [5.74, 6) is 0.361. The van der Waals surface area contributed by atoms with E-state index in [1.165, 1.54) is 16.7 Å². The molecule has 1 heteroatoms. The van der Waals surface area contributed by atoms with Crippen molar-refractivity contribution in [2.75, 3.05) is 0 Å². The molecule has 0 fully saturated rings. The predicted molar refractivity (Wildman–Crippen MR) is 94.4 cm³/mol. The normalized spacial score (nSPS) is 15.6. The first kappa shape index (κ1) is 13.8. The van der Waals surface area contributed by atoms with Crippen LogP contribution in [0.1, 0.15) is 22.3 Å². The molecule has 1 aliphatic rings. The van der Waals surface area contributed by atoms with Gasteiger partial charge in [-0.15, -0.1) is 0 Å². The molecule has 0 unspecified atom stereocenters. The third-order valence-electron chi connectivity index (χ3n) is 4.72. The maximum absolute atomic E-state index is 10.7. The molecule has 1 aliphatic carbocycles. The number of aliphatic hydroxyl groups excluding tert-OH is 1. The van der Waals surface area contributed by atoms with Gasteiger partial charge in [-0.25, -0.2) is 0 Å². The molecular formula is C22H18O. The van der Waals surface area contributed by atoms with Crippen molar-refractivity contribution in [3.63, 3.8) is 0 Å². The summed E-state index contributed by atoms with van der Waals surface area (Å²) in [6.45, 7) is 0. The summed E-state index contributed by atoms with van der Waals surface area (Å²) < 4.78 is 0. The Morgan fingerprint density at radius 2 is 1.17 bits per heavy atom. The van der Waals surface area contributed by atoms with Gasteiger partial charge in [0, 0.05) is 11.0 Å². The predicted octanol–water partition coefficient (Wildman–Crippen LogP) is 5.13. The Balaban J connectivity index is 1.98. The topological polar surface area (TPSA) is 20.2 Å². The first-order valence-corrected chi connectivity index (χ1v) is 7.91. The molecule has 0 radical (unpaired) electrons. The average molecular weight is 298 g/mol. The van der Waals surface area contributed by atoms with Gasteiger partial charge in [-0.2, -0.15) is 0 Å². The van der Waals surface area contributed by atoms with Crippen LogP contribution in [0.25, 0.3) is 5.76 Å². The molecule has 0 heterocycles. The van der Waals surface area contributed by atoms with Crippen LogP contribution in [0.15, 0.2) is 91.0 Å². The summed E-state index contributed by atoms with van der Waals surface area (Å²) in [7, 11) is 0. The molecule has 0 spiro atoms. The second-order valence-electron chi connectivity index (χ2n) is 6.07. The number of benzene rings is 3. The van der Waals surface area contributed by atoms with Gasteiger partial charge in [0.1, 0.15) is 5.76 Å². The number of allylic oxidation sites excluding steroid dienone is 1. The molecule has 0 atom stereocenters. The molecular weight excluding hydrogens is 280 g/mol. The Hall–Kier alpha value is -2.80. The van der Waals surface area contributed by atoms with E-state index in [4.69, 9.17) is 0 Å². The number of fused-ring (bicyclic) bond motifs is 1. The van der Waals surface area contributed by atoms with Crippen LogP contribution in [0.2, 0.25) is 0 Å². The summed E-state index contributed by atoms with van der Waals surface area (Å²) in [4.78, 5) is 0. The van der Waals surface area contributed by atoms with E-state index in [2.05, 4.69) is 54.6 Å². The number of hydrogen-bond donors (Lipinski definition) is 1. The first-order chi connectivity index (χ1) is 11.3. The van der Waals surface area contributed by atoms with Crippen LogP contribution in [0.5, 0.6) is 0 Å². The Morgan fingerprint density at radius 3 is 1.78 bits per heavy atom. The second-order valence-corrected chi connectivity index (χ2v) is 6.07. The van der Waals surface area contributed by atoms with Gasteiger partial charge >= 0.3 is 0 Å². The van der Waals surface area contributed by atoms with Gasteiger partial charge < -0.3 is 5.11 Å². The second kappa shape index (κ2) is 5.44. The highest BCUT2D eigenvalue weighted by molar-refractivity contribution is 5.69. The van der Waals surface area contributed by atoms with Crippen LogP contribution in [0.4, 0.5) is 0 Å². The van der Waals surface area contributed by atoms with E-state index in [0.717, 1.165) is 12.0 Å². The Morgan fingerprint density at radius 1 is 0.652 bits per heavy atom. The minimum atomic E-state index is -0.332. The van der Waals surface area contributed by atoms with Gasteiger partial charge in [0.2, 0.25) is 0 Å². The van der Waals surface area contributed by atoms with Gasteiger partial charge in [-0.05, 0) is 29.2 Å². The lowest BCUT2D eigenvalue weighted by molar-refractivity contribution is 0.488. The van der Waals surface area contributed by atoms with Gasteiger partial charge in [0.25, 0.3) is 0 Å². The molecule has 0 aliphatic heterocycles. The molecule has 0 bridgehead atoms. The van der Waals surface area contributed by atoms with Crippen molar-refractivity contribution in [3.8, 4) is 0 Å². The lowest BCUT2D eigenvalue weighted by Crippen LogP contribution is -2.31. The van der Waals surface area contributed by atoms with Crippen molar-refractivity contribution < 1.29 is 5.11 Å². The molecule has 0 amide bonds. The highest BCUT2D eigenvalue weighted by atomic mass is 16.3. The van der Waals surface area contributed by atoms with Gasteiger partial charge in [0.05, 0.1) is 0 Å². The number of aliphatic hydroxyl groups is 1. The molecule has 3 aromatic carbocycles. The summed E-state index contributed by atoms with van der Waals surface area (Å²) in [6.07, 6.45) is 2.86. The first-order valence-electron chi connectivity index (χ1n) is 7.91. The van der Waals surface area contributed by atoms with E-state index >= 15 is 0 Å². The number of hydrogen-bond acceptors (Lipinski definition) is 1. The van der Waals surface area contributed by atoms with E-state index < -0.39 is 0 Å². The fourth-order valence-corrected chi connectivity index (χ4v) is 3.60. The lowest BCUT2D eigenvalue weighted by Gasteiger charge is -2.36.